The van der Waals surface area contributed by atoms with E-state index in [0.717, 1.165) is 5.56 Å². The zero-order valence-corrected chi connectivity index (χ0v) is 11.2. The predicted molar refractivity (Wildman–Crippen MR) is 71.8 cm³/mol. The van der Waals surface area contributed by atoms with E-state index in [-0.39, 0.29) is 0 Å². The second-order valence-electron chi connectivity index (χ2n) is 4.13. The van der Waals surface area contributed by atoms with E-state index in [9.17, 15) is 0 Å². The lowest BCUT2D eigenvalue weighted by molar-refractivity contribution is 0.364. The quantitative estimate of drug-likeness (QED) is 0.782. The first-order chi connectivity index (χ1) is 9.74. The minimum Gasteiger partial charge on any atom is -0.337 e. The van der Waals surface area contributed by atoms with Crippen molar-refractivity contribution in [2.75, 3.05) is 0 Å². The molecule has 0 aliphatic rings. The fourth-order valence-electron chi connectivity index (χ4n) is 1.71. The average molecular weight is 291 g/mol. The van der Waals surface area contributed by atoms with Gasteiger partial charge >= 0.3 is 0 Å². The molecular weight excluding hydrogens is 280 g/mol. The summed E-state index contributed by atoms with van der Waals surface area (Å²) in [5.74, 6) is 0.926. The third-order valence-electron chi connectivity index (χ3n) is 2.64. The van der Waals surface area contributed by atoms with Crippen LogP contribution in [0.3, 0.4) is 0 Å². The van der Waals surface area contributed by atoms with Gasteiger partial charge in [0.2, 0.25) is 11.7 Å². The smallest absolute Gasteiger partial charge is 0.248 e. The third-order valence-corrected chi connectivity index (χ3v) is 2.88. The highest BCUT2D eigenvalue weighted by Gasteiger charge is 2.10. The first-order valence-corrected chi connectivity index (χ1v) is 6.30. The molecule has 0 spiro atoms. The maximum absolute atomic E-state index is 5.93. The van der Waals surface area contributed by atoms with Crippen LogP contribution in [0.1, 0.15) is 11.6 Å². The summed E-state index contributed by atoms with van der Waals surface area (Å²) in [7, 11) is 0. The number of halogens is 1. The van der Waals surface area contributed by atoms with Crippen LogP contribution >= 0.6 is 11.6 Å². The van der Waals surface area contributed by atoms with Crippen molar-refractivity contribution in [2.24, 2.45) is 5.73 Å². The summed E-state index contributed by atoms with van der Waals surface area (Å²) >= 11 is 5.93. The molecule has 0 radical (unpaired) electrons. The Morgan fingerprint density at radius 1 is 1.35 bits per heavy atom. The van der Waals surface area contributed by atoms with E-state index in [1.165, 1.54) is 0 Å². The molecule has 3 aromatic rings. The lowest BCUT2D eigenvalue weighted by Gasteiger charge is -1.94. The summed E-state index contributed by atoms with van der Waals surface area (Å²) in [6.07, 6.45) is 1.74. The Balaban J connectivity index is 1.80. The Hall–Kier alpha value is -2.25. The van der Waals surface area contributed by atoms with Crippen molar-refractivity contribution in [3.8, 4) is 11.4 Å². The van der Waals surface area contributed by atoms with E-state index in [1.54, 1.807) is 23.0 Å². The average Bonchev–Trinajstić information content (AvgIpc) is 3.08. The van der Waals surface area contributed by atoms with Crippen molar-refractivity contribution < 1.29 is 4.52 Å². The molecule has 2 N–H and O–H groups in total. The Bertz CT molecular complexity index is 722. The third kappa shape index (κ3) is 2.68. The van der Waals surface area contributed by atoms with Gasteiger partial charge in [0.15, 0.2) is 0 Å². The fourth-order valence-corrected chi connectivity index (χ4v) is 1.90. The molecule has 0 atom stereocenters. The zero-order chi connectivity index (χ0) is 13.9. The summed E-state index contributed by atoms with van der Waals surface area (Å²) in [6.45, 7) is 0.693. The van der Waals surface area contributed by atoms with E-state index < -0.39 is 0 Å². The number of aromatic nitrogens is 5. The fraction of sp³-hybridized carbons (Fsp3) is 0.167. The molecule has 1 aromatic carbocycles. The Kier molecular flexibility index (Phi) is 3.44. The second kappa shape index (κ2) is 5.40. The van der Waals surface area contributed by atoms with Crippen molar-refractivity contribution >= 4 is 11.6 Å². The molecule has 0 aliphatic heterocycles. The lowest BCUT2D eigenvalue weighted by Crippen LogP contribution is -2.00. The molecule has 0 unspecified atom stereocenters. The summed E-state index contributed by atoms with van der Waals surface area (Å²) in [4.78, 5) is 4.30. The van der Waals surface area contributed by atoms with Crippen LogP contribution in [-0.2, 0) is 13.1 Å². The van der Waals surface area contributed by atoms with Gasteiger partial charge in [0, 0.05) is 17.1 Å². The van der Waals surface area contributed by atoms with Gasteiger partial charge in [-0.1, -0.05) is 34.1 Å². The van der Waals surface area contributed by atoms with Crippen LogP contribution < -0.4 is 5.73 Å². The Labute approximate surface area is 119 Å². The maximum Gasteiger partial charge on any atom is 0.248 e. The highest BCUT2D eigenvalue weighted by Crippen LogP contribution is 2.20. The molecule has 8 heteroatoms. The van der Waals surface area contributed by atoms with Gasteiger partial charge in [-0.3, -0.25) is 0 Å². The largest absolute Gasteiger partial charge is 0.337 e. The number of nitrogens with two attached hydrogens (primary N) is 1. The van der Waals surface area contributed by atoms with Crippen LogP contribution in [0.25, 0.3) is 11.4 Å². The molecule has 3 rings (SSSR count). The molecule has 0 amide bonds. The lowest BCUT2D eigenvalue weighted by atomic mass is 10.2. The summed E-state index contributed by atoms with van der Waals surface area (Å²) in [6, 6.07) is 7.26. The number of benzene rings is 1. The Morgan fingerprint density at radius 2 is 2.25 bits per heavy atom. The van der Waals surface area contributed by atoms with Gasteiger partial charge in [0.1, 0.15) is 6.54 Å². The van der Waals surface area contributed by atoms with E-state index >= 15 is 0 Å². The maximum atomic E-state index is 5.93. The van der Waals surface area contributed by atoms with Crippen LogP contribution in [0.15, 0.2) is 35.0 Å². The minimum absolute atomic E-state index is 0.345. The van der Waals surface area contributed by atoms with Crippen molar-refractivity contribution in [1.82, 2.24) is 25.1 Å². The number of hydrogen-bond donors (Lipinski definition) is 1. The van der Waals surface area contributed by atoms with Crippen molar-refractivity contribution in [2.45, 2.75) is 13.1 Å². The van der Waals surface area contributed by atoms with Gasteiger partial charge < -0.3 is 10.3 Å². The second-order valence-corrected chi connectivity index (χ2v) is 4.57. The van der Waals surface area contributed by atoms with E-state index in [2.05, 4.69) is 20.5 Å². The molecular formula is C12H11ClN6O. The van der Waals surface area contributed by atoms with E-state index in [0.29, 0.717) is 35.5 Å². The molecule has 0 fully saturated rings. The van der Waals surface area contributed by atoms with Gasteiger partial charge in [0.25, 0.3) is 0 Å². The molecule has 102 valence electrons. The molecule has 20 heavy (non-hydrogen) atoms. The standard InChI is InChI=1S/C12H11ClN6O/c13-9-3-1-2-8(4-9)12-15-11(20-17-12)7-19-6-10(5-14)16-18-19/h1-4,6H,5,7,14H2. The SMILES string of the molecule is NCc1cn(Cc2nc(-c3cccc(Cl)c3)no2)nn1. The highest BCUT2D eigenvalue weighted by atomic mass is 35.5. The molecule has 2 heterocycles. The van der Waals surface area contributed by atoms with Crippen LogP contribution in [-0.4, -0.2) is 25.1 Å². The predicted octanol–water partition coefficient (Wildman–Crippen LogP) is 1.49. The normalized spacial score (nSPS) is 10.9. The highest BCUT2D eigenvalue weighted by molar-refractivity contribution is 6.30. The molecule has 2 aromatic heterocycles. The van der Waals surface area contributed by atoms with Gasteiger partial charge in [-0.2, -0.15) is 4.98 Å². The van der Waals surface area contributed by atoms with Crippen LogP contribution in [0.2, 0.25) is 5.02 Å². The van der Waals surface area contributed by atoms with E-state index in [4.69, 9.17) is 21.9 Å². The molecule has 0 saturated carbocycles. The molecule has 0 bridgehead atoms. The van der Waals surface area contributed by atoms with Crippen LogP contribution in [0.4, 0.5) is 0 Å². The number of rotatable bonds is 4. The summed E-state index contributed by atoms with van der Waals surface area (Å²) in [5.41, 5.74) is 6.98. The topological polar surface area (TPSA) is 95.7 Å². The van der Waals surface area contributed by atoms with Gasteiger partial charge in [-0.05, 0) is 12.1 Å². The van der Waals surface area contributed by atoms with Gasteiger partial charge in [-0.15, -0.1) is 5.10 Å². The van der Waals surface area contributed by atoms with E-state index in [1.807, 2.05) is 12.1 Å². The molecule has 0 aliphatic carbocycles. The monoisotopic (exact) mass is 290 g/mol. The first-order valence-electron chi connectivity index (χ1n) is 5.92. The molecule has 7 nitrogen and oxygen atoms in total. The Morgan fingerprint density at radius 3 is 3.00 bits per heavy atom. The molecule has 0 saturated heterocycles. The van der Waals surface area contributed by atoms with Crippen LogP contribution in [0, 0.1) is 0 Å². The number of nitrogens with zero attached hydrogens (tertiary/aromatic N) is 5. The van der Waals surface area contributed by atoms with Crippen molar-refractivity contribution in [3.05, 3.63) is 47.1 Å². The zero-order valence-electron chi connectivity index (χ0n) is 10.4. The van der Waals surface area contributed by atoms with Crippen molar-refractivity contribution in [1.29, 1.82) is 0 Å². The van der Waals surface area contributed by atoms with Crippen LogP contribution in [0.5, 0.6) is 0 Å². The minimum atomic E-state index is 0.345. The number of hydrogen-bond acceptors (Lipinski definition) is 6. The summed E-state index contributed by atoms with van der Waals surface area (Å²) in [5, 5.41) is 12.3. The van der Waals surface area contributed by atoms with Crippen molar-refractivity contribution in [3.63, 3.8) is 0 Å². The first kappa shape index (κ1) is 12.8. The van der Waals surface area contributed by atoms with Gasteiger partial charge in [-0.25, -0.2) is 4.68 Å². The van der Waals surface area contributed by atoms with Gasteiger partial charge in [0.05, 0.1) is 11.9 Å². The summed E-state index contributed by atoms with van der Waals surface area (Å²) < 4.78 is 6.78.